The van der Waals surface area contributed by atoms with Gasteiger partial charge in [-0.3, -0.25) is 14.6 Å². The van der Waals surface area contributed by atoms with Crippen molar-refractivity contribution < 1.29 is 14.4 Å². The van der Waals surface area contributed by atoms with E-state index in [-0.39, 0.29) is 29.9 Å². The Hall–Kier alpha value is -3.47. The summed E-state index contributed by atoms with van der Waals surface area (Å²) in [6.45, 7) is 6.05. The zero-order valence-corrected chi connectivity index (χ0v) is 17.0. The zero-order chi connectivity index (χ0) is 21.4. The molecule has 0 radical (unpaired) electrons. The lowest BCUT2D eigenvalue weighted by atomic mass is 9.93. The van der Waals surface area contributed by atoms with E-state index in [0.717, 1.165) is 0 Å². The summed E-state index contributed by atoms with van der Waals surface area (Å²) in [6.07, 6.45) is 2.21. The van der Waals surface area contributed by atoms with Crippen molar-refractivity contribution in [1.29, 1.82) is 5.26 Å². The van der Waals surface area contributed by atoms with E-state index >= 15 is 0 Å². The second kappa shape index (κ2) is 6.02. The number of aromatic nitrogens is 1. The maximum atomic E-state index is 13.4. The lowest BCUT2D eigenvalue weighted by Gasteiger charge is -2.37. The molecule has 4 heterocycles. The van der Waals surface area contributed by atoms with Crippen molar-refractivity contribution in [3.8, 4) is 6.07 Å². The highest BCUT2D eigenvalue weighted by atomic mass is 16.2. The van der Waals surface area contributed by atoms with E-state index in [1.165, 1.54) is 4.90 Å². The molecule has 4 amide bonds. The van der Waals surface area contributed by atoms with E-state index in [1.807, 2.05) is 20.8 Å². The van der Waals surface area contributed by atoms with Crippen LogP contribution in [0.15, 0.2) is 30.5 Å². The van der Waals surface area contributed by atoms with Gasteiger partial charge in [0.1, 0.15) is 12.1 Å². The number of nitrogens with zero attached hydrogens (tertiary/aromatic N) is 5. The number of urea groups is 1. The predicted molar refractivity (Wildman–Crippen MR) is 108 cm³/mol. The van der Waals surface area contributed by atoms with Gasteiger partial charge in [0.2, 0.25) is 5.91 Å². The second-order valence-electron chi connectivity index (χ2n) is 9.12. The Kier molecular flexibility index (Phi) is 3.72. The summed E-state index contributed by atoms with van der Waals surface area (Å²) < 4.78 is 0. The number of nitriles is 1. The number of benzene rings is 1. The van der Waals surface area contributed by atoms with Crippen molar-refractivity contribution in [3.63, 3.8) is 0 Å². The van der Waals surface area contributed by atoms with Crippen molar-refractivity contribution in [2.24, 2.45) is 5.41 Å². The first-order valence-corrected chi connectivity index (χ1v) is 9.99. The molecule has 0 saturated carbocycles. The van der Waals surface area contributed by atoms with Crippen LogP contribution in [0.1, 0.15) is 32.8 Å². The molecule has 0 aliphatic carbocycles. The molecular weight excluding hydrogens is 382 g/mol. The third kappa shape index (κ3) is 2.32. The summed E-state index contributed by atoms with van der Waals surface area (Å²) in [7, 11) is 0. The van der Waals surface area contributed by atoms with Crippen molar-refractivity contribution in [2.45, 2.75) is 45.3 Å². The summed E-state index contributed by atoms with van der Waals surface area (Å²) in [5.74, 6) is -0.324. The minimum atomic E-state index is -0.662. The third-order valence-corrected chi connectivity index (χ3v) is 6.27. The molecule has 1 aromatic heterocycles. The molecule has 0 spiro atoms. The van der Waals surface area contributed by atoms with Gasteiger partial charge in [0, 0.05) is 23.5 Å². The third-order valence-electron chi connectivity index (χ3n) is 6.27. The maximum absolute atomic E-state index is 13.4. The average molecular weight is 403 g/mol. The molecule has 1 aromatic carbocycles. The van der Waals surface area contributed by atoms with Gasteiger partial charge in [0.25, 0.3) is 5.91 Å². The minimum absolute atomic E-state index is 0.00127. The molecular formula is C22H21N5O3. The van der Waals surface area contributed by atoms with E-state index in [0.29, 0.717) is 35.1 Å². The van der Waals surface area contributed by atoms with Crippen LogP contribution >= 0.6 is 0 Å². The number of likely N-dealkylation sites (tertiary alicyclic amines) is 1. The molecule has 3 saturated heterocycles. The number of carbonyl (C=O) groups excluding carboxylic acids is 3. The molecule has 0 N–H and O–H groups in total. The molecule has 8 heteroatoms. The predicted octanol–water partition coefficient (Wildman–Crippen LogP) is 2.27. The van der Waals surface area contributed by atoms with E-state index in [9.17, 15) is 19.6 Å². The number of rotatable bonds is 1. The van der Waals surface area contributed by atoms with Crippen LogP contribution in [0.5, 0.6) is 0 Å². The number of pyridine rings is 1. The number of anilines is 1. The van der Waals surface area contributed by atoms with Crippen LogP contribution in [0.4, 0.5) is 10.5 Å². The van der Waals surface area contributed by atoms with Crippen LogP contribution < -0.4 is 4.90 Å². The minimum Gasteiger partial charge on any atom is -0.334 e. The number of fused-ring (bicyclic) bond motifs is 6. The standard InChI is InChI=1S/C22H21N5O3/c1-22(2,3)20(29)25-11-13-9-16(25)18-19(28)27(21(30)26(13)18)15-7-6-12(10-23)17-14(15)5-4-8-24-17/h4-8,13,16,18H,9,11H2,1-3H3/t13-,16?,18+/m1/s1. The van der Waals surface area contributed by atoms with E-state index < -0.39 is 11.5 Å². The molecule has 30 heavy (non-hydrogen) atoms. The summed E-state index contributed by atoms with van der Waals surface area (Å²) in [4.78, 5) is 48.5. The molecule has 3 aliphatic rings. The fourth-order valence-electron chi connectivity index (χ4n) is 4.99. The topological polar surface area (TPSA) is 97.6 Å². The first kappa shape index (κ1) is 18.6. The van der Waals surface area contributed by atoms with Crippen LogP contribution in [0.2, 0.25) is 0 Å². The maximum Gasteiger partial charge on any atom is 0.332 e. The summed E-state index contributed by atoms with van der Waals surface area (Å²) in [5, 5.41) is 9.95. The van der Waals surface area contributed by atoms with Crippen LogP contribution in [0.25, 0.3) is 10.9 Å². The fourth-order valence-corrected chi connectivity index (χ4v) is 4.99. The number of imide groups is 1. The Bertz CT molecular complexity index is 1160. The molecule has 8 nitrogen and oxygen atoms in total. The van der Waals surface area contributed by atoms with Crippen molar-refractivity contribution in [3.05, 3.63) is 36.0 Å². The fraction of sp³-hybridized carbons (Fsp3) is 0.409. The quantitative estimate of drug-likeness (QED) is 0.681. The van der Waals surface area contributed by atoms with Crippen LogP contribution in [0.3, 0.4) is 0 Å². The SMILES string of the molecule is CC(C)(C)C(=O)N1C[C@H]2CC1[C@H]1C(=O)N(c3ccc(C#N)c4ncccc34)C(=O)N21. The first-order chi connectivity index (χ1) is 14.2. The Morgan fingerprint density at radius 3 is 2.70 bits per heavy atom. The number of piperazine rings is 1. The second-order valence-corrected chi connectivity index (χ2v) is 9.12. The average Bonchev–Trinajstić information content (AvgIpc) is 3.37. The monoisotopic (exact) mass is 403 g/mol. The van der Waals surface area contributed by atoms with Gasteiger partial charge in [0.15, 0.2) is 0 Å². The van der Waals surface area contributed by atoms with Gasteiger partial charge in [-0.05, 0) is 30.7 Å². The molecule has 3 atom stereocenters. The van der Waals surface area contributed by atoms with E-state index in [4.69, 9.17) is 0 Å². The smallest absolute Gasteiger partial charge is 0.332 e. The molecule has 152 valence electrons. The normalized spacial score (nSPS) is 25.3. The van der Waals surface area contributed by atoms with Gasteiger partial charge in [0.05, 0.1) is 28.9 Å². The lowest BCUT2D eigenvalue weighted by Crippen LogP contribution is -2.56. The largest absolute Gasteiger partial charge is 0.334 e. The van der Waals surface area contributed by atoms with E-state index in [1.54, 1.807) is 40.3 Å². The zero-order valence-electron chi connectivity index (χ0n) is 17.0. The van der Waals surface area contributed by atoms with Gasteiger partial charge in [-0.2, -0.15) is 5.26 Å². The van der Waals surface area contributed by atoms with Crippen molar-refractivity contribution in [1.82, 2.24) is 14.8 Å². The van der Waals surface area contributed by atoms with Crippen LogP contribution in [-0.2, 0) is 9.59 Å². The molecule has 3 fully saturated rings. The van der Waals surface area contributed by atoms with E-state index in [2.05, 4.69) is 11.1 Å². The molecule has 3 aliphatic heterocycles. The Morgan fingerprint density at radius 2 is 2.00 bits per heavy atom. The highest BCUT2D eigenvalue weighted by Gasteiger charge is 2.63. The molecule has 5 rings (SSSR count). The van der Waals surface area contributed by atoms with Crippen LogP contribution in [0, 0.1) is 16.7 Å². The Labute approximate surface area is 173 Å². The molecule has 1 unspecified atom stereocenters. The van der Waals surface area contributed by atoms with Gasteiger partial charge in [-0.1, -0.05) is 20.8 Å². The van der Waals surface area contributed by atoms with Crippen molar-refractivity contribution >= 4 is 34.4 Å². The summed E-state index contributed by atoms with van der Waals surface area (Å²) >= 11 is 0. The number of hydrogen-bond acceptors (Lipinski definition) is 5. The van der Waals surface area contributed by atoms with Gasteiger partial charge in [-0.15, -0.1) is 0 Å². The molecule has 2 bridgehead atoms. The molecule has 2 aromatic rings. The number of amides is 4. The van der Waals surface area contributed by atoms with Gasteiger partial charge in [-0.25, -0.2) is 9.69 Å². The van der Waals surface area contributed by atoms with Gasteiger partial charge < -0.3 is 9.80 Å². The Morgan fingerprint density at radius 1 is 1.23 bits per heavy atom. The summed E-state index contributed by atoms with van der Waals surface area (Å²) in [5.41, 5.74) is 0.721. The highest BCUT2D eigenvalue weighted by Crippen LogP contribution is 2.44. The Balaban J connectivity index is 1.56. The van der Waals surface area contributed by atoms with Crippen molar-refractivity contribution in [2.75, 3.05) is 11.4 Å². The van der Waals surface area contributed by atoms with Gasteiger partial charge >= 0.3 is 6.03 Å². The number of carbonyl (C=O) groups is 3. The van der Waals surface area contributed by atoms with Crippen LogP contribution in [-0.4, -0.2) is 57.3 Å². The first-order valence-electron chi connectivity index (χ1n) is 9.99. The lowest BCUT2D eigenvalue weighted by molar-refractivity contribution is -0.143. The highest BCUT2D eigenvalue weighted by molar-refractivity contribution is 6.25. The summed E-state index contributed by atoms with van der Waals surface area (Å²) in [6, 6.07) is 7.30. The number of hydrogen-bond donors (Lipinski definition) is 0.